The van der Waals surface area contributed by atoms with E-state index in [9.17, 15) is 4.79 Å². The molecular weight excluding hydrogens is 312 g/mol. The van der Waals surface area contributed by atoms with E-state index >= 15 is 0 Å². The molecule has 0 spiro atoms. The maximum atomic E-state index is 12.4. The van der Waals surface area contributed by atoms with Gasteiger partial charge in [0.25, 0.3) is 0 Å². The lowest BCUT2D eigenvalue weighted by atomic mass is 10.0. The van der Waals surface area contributed by atoms with Gasteiger partial charge in [-0.3, -0.25) is 4.79 Å². The molecule has 0 N–H and O–H groups in total. The van der Waals surface area contributed by atoms with Gasteiger partial charge in [-0.1, -0.05) is 19.1 Å². The lowest BCUT2D eigenvalue weighted by Crippen LogP contribution is -2.37. The van der Waals surface area contributed by atoms with Crippen molar-refractivity contribution < 1.29 is 4.79 Å². The molecule has 1 aliphatic rings. The Balaban J connectivity index is 1.47. The number of piperidine rings is 1. The van der Waals surface area contributed by atoms with Gasteiger partial charge in [0, 0.05) is 45.5 Å². The van der Waals surface area contributed by atoms with Crippen molar-refractivity contribution in [2.45, 2.75) is 32.7 Å². The van der Waals surface area contributed by atoms with Gasteiger partial charge in [-0.15, -0.1) is 0 Å². The smallest absolute Gasteiger partial charge is 0.223 e. The number of carbonyl (C=O) groups is 1. The van der Waals surface area contributed by atoms with E-state index in [1.54, 1.807) is 6.20 Å². The van der Waals surface area contributed by atoms with E-state index in [1.807, 2.05) is 41.0 Å². The molecule has 134 valence electrons. The Bertz CT molecular complexity index is 666. The number of amides is 1. The number of hydrogen-bond donors (Lipinski definition) is 0. The van der Waals surface area contributed by atoms with Gasteiger partial charge in [-0.25, -0.2) is 4.68 Å². The van der Waals surface area contributed by atoms with Crippen molar-refractivity contribution in [2.24, 2.45) is 5.92 Å². The Labute approximate surface area is 150 Å². The number of nitrogens with zero attached hydrogens (tertiary/aromatic N) is 4. The first-order valence-electron chi connectivity index (χ1n) is 9.17. The van der Waals surface area contributed by atoms with Gasteiger partial charge < -0.3 is 9.80 Å². The Kier molecular flexibility index (Phi) is 5.87. The molecular formula is C20H28N4O. The fourth-order valence-electron chi connectivity index (χ4n) is 3.47. The molecule has 2 aromatic rings. The average molecular weight is 340 g/mol. The summed E-state index contributed by atoms with van der Waals surface area (Å²) >= 11 is 0. The van der Waals surface area contributed by atoms with Crippen LogP contribution >= 0.6 is 0 Å². The second-order valence-corrected chi connectivity index (χ2v) is 7.16. The SMILES string of the molecule is CC1CCCN(CCC(=O)N(C)Cc2ccc(-n3cccn3)cc2)C1. The minimum atomic E-state index is 0.217. The number of rotatable bonds is 6. The summed E-state index contributed by atoms with van der Waals surface area (Å²) in [6.07, 6.45) is 6.87. The normalized spacial score (nSPS) is 18.2. The zero-order valence-electron chi connectivity index (χ0n) is 15.3. The standard InChI is InChI=1S/C20H28N4O/c1-17-5-3-12-23(15-17)14-10-20(25)22(2)16-18-6-8-19(9-7-18)24-13-4-11-21-24/h4,6-9,11,13,17H,3,5,10,12,14-16H2,1-2H3. The molecule has 1 fully saturated rings. The van der Waals surface area contributed by atoms with Crippen LogP contribution in [0.2, 0.25) is 0 Å². The van der Waals surface area contributed by atoms with E-state index in [1.165, 1.54) is 12.8 Å². The summed E-state index contributed by atoms with van der Waals surface area (Å²) in [4.78, 5) is 16.7. The van der Waals surface area contributed by atoms with Gasteiger partial charge in [0.15, 0.2) is 0 Å². The lowest BCUT2D eigenvalue weighted by Gasteiger charge is -2.31. The largest absolute Gasteiger partial charge is 0.341 e. The van der Waals surface area contributed by atoms with Crippen LogP contribution in [0.15, 0.2) is 42.7 Å². The first kappa shape index (κ1) is 17.7. The third-order valence-corrected chi connectivity index (χ3v) is 4.93. The molecule has 25 heavy (non-hydrogen) atoms. The van der Waals surface area contributed by atoms with E-state index in [0.717, 1.165) is 36.8 Å². The van der Waals surface area contributed by atoms with Gasteiger partial charge in [0.1, 0.15) is 0 Å². The molecule has 0 radical (unpaired) electrons. The lowest BCUT2D eigenvalue weighted by molar-refractivity contribution is -0.130. The molecule has 3 rings (SSSR count). The highest BCUT2D eigenvalue weighted by atomic mass is 16.2. The highest BCUT2D eigenvalue weighted by Crippen LogP contribution is 2.16. The second-order valence-electron chi connectivity index (χ2n) is 7.16. The second kappa shape index (κ2) is 8.30. The topological polar surface area (TPSA) is 41.4 Å². The van der Waals surface area contributed by atoms with E-state index in [2.05, 4.69) is 29.1 Å². The molecule has 1 saturated heterocycles. The van der Waals surface area contributed by atoms with Crippen LogP contribution in [0.3, 0.4) is 0 Å². The highest BCUT2D eigenvalue weighted by Gasteiger charge is 2.18. The molecule has 1 atom stereocenters. The summed E-state index contributed by atoms with van der Waals surface area (Å²) in [5, 5.41) is 4.23. The summed E-state index contributed by atoms with van der Waals surface area (Å²) in [6.45, 7) is 6.09. The van der Waals surface area contributed by atoms with Crippen molar-refractivity contribution in [1.29, 1.82) is 0 Å². The average Bonchev–Trinajstić information content (AvgIpc) is 3.15. The number of hydrogen-bond acceptors (Lipinski definition) is 3. The third kappa shape index (κ3) is 4.92. The quantitative estimate of drug-likeness (QED) is 0.812. The van der Waals surface area contributed by atoms with E-state index in [-0.39, 0.29) is 5.91 Å². The van der Waals surface area contributed by atoms with Crippen molar-refractivity contribution in [3.8, 4) is 5.69 Å². The van der Waals surface area contributed by atoms with E-state index in [4.69, 9.17) is 0 Å². The number of likely N-dealkylation sites (tertiary alicyclic amines) is 1. The van der Waals surface area contributed by atoms with Crippen LogP contribution in [0, 0.1) is 5.92 Å². The summed E-state index contributed by atoms with van der Waals surface area (Å²) in [5.41, 5.74) is 2.17. The van der Waals surface area contributed by atoms with Crippen LogP contribution in [-0.4, -0.2) is 52.2 Å². The van der Waals surface area contributed by atoms with Crippen molar-refractivity contribution in [3.63, 3.8) is 0 Å². The third-order valence-electron chi connectivity index (χ3n) is 4.93. The maximum absolute atomic E-state index is 12.4. The van der Waals surface area contributed by atoms with Crippen LogP contribution in [-0.2, 0) is 11.3 Å². The zero-order chi connectivity index (χ0) is 17.6. The number of carbonyl (C=O) groups excluding carboxylic acids is 1. The Morgan fingerprint density at radius 3 is 2.80 bits per heavy atom. The van der Waals surface area contributed by atoms with Gasteiger partial charge >= 0.3 is 0 Å². The highest BCUT2D eigenvalue weighted by molar-refractivity contribution is 5.76. The summed E-state index contributed by atoms with van der Waals surface area (Å²) in [6, 6.07) is 10.1. The number of benzene rings is 1. The maximum Gasteiger partial charge on any atom is 0.223 e. The first-order valence-corrected chi connectivity index (χ1v) is 9.17. The molecule has 1 aliphatic heterocycles. The Hall–Kier alpha value is -2.14. The van der Waals surface area contributed by atoms with E-state index < -0.39 is 0 Å². The molecule has 1 amide bonds. The predicted octanol–water partition coefficient (Wildman–Crippen LogP) is 2.95. The van der Waals surface area contributed by atoms with Crippen LogP contribution < -0.4 is 0 Å². The van der Waals surface area contributed by atoms with Crippen LogP contribution in [0.1, 0.15) is 31.7 Å². The molecule has 1 aromatic carbocycles. The van der Waals surface area contributed by atoms with Gasteiger partial charge in [0.2, 0.25) is 5.91 Å². The Morgan fingerprint density at radius 1 is 1.32 bits per heavy atom. The van der Waals surface area contributed by atoms with Crippen LogP contribution in [0.25, 0.3) is 5.69 Å². The molecule has 0 saturated carbocycles. The van der Waals surface area contributed by atoms with Crippen molar-refractivity contribution >= 4 is 5.91 Å². The summed E-state index contributed by atoms with van der Waals surface area (Å²) in [5.74, 6) is 0.976. The number of aromatic nitrogens is 2. The molecule has 1 unspecified atom stereocenters. The summed E-state index contributed by atoms with van der Waals surface area (Å²) < 4.78 is 1.83. The molecule has 0 bridgehead atoms. The fraction of sp³-hybridized carbons (Fsp3) is 0.500. The van der Waals surface area contributed by atoms with Gasteiger partial charge in [-0.05, 0) is 49.1 Å². The van der Waals surface area contributed by atoms with Gasteiger partial charge in [0.05, 0.1) is 5.69 Å². The summed E-state index contributed by atoms with van der Waals surface area (Å²) in [7, 11) is 1.89. The van der Waals surface area contributed by atoms with E-state index in [0.29, 0.717) is 13.0 Å². The molecule has 5 heteroatoms. The molecule has 1 aromatic heterocycles. The van der Waals surface area contributed by atoms with Crippen molar-refractivity contribution in [1.82, 2.24) is 19.6 Å². The Morgan fingerprint density at radius 2 is 2.12 bits per heavy atom. The predicted molar refractivity (Wildman–Crippen MR) is 99.5 cm³/mol. The first-order chi connectivity index (χ1) is 12.1. The molecule has 5 nitrogen and oxygen atoms in total. The van der Waals surface area contributed by atoms with Crippen LogP contribution in [0.4, 0.5) is 0 Å². The van der Waals surface area contributed by atoms with Gasteiger partial charge in [-0.2, -0.15) is 5.10 Å². The zero-order valence-corrected chi connectivity index (χ0v) is 15.3. The van der Waals surface area contributed by atoms with Crippen molar-refractivity contribution in [3.05, 3.63) is 48.3 Å². The minimum absolute atomic E-state index is 0.217. The molecule has 2 heterocycles. The fourth-order valence-corrected chi connectivity index (χ4v) is 3.47. The molecule has 0 aliphatic carbocycles. The van der Waals surface area contributed by atoms with Crippen LogP contribution in [0.5, 0.6) is 0 Å². The minimum Gasteiger partial charge on any atom is -0.341 e. The van der Waals surface area contributed by atoms with Crippen molar-refractivity contribution in [2.75, 3.05) is 26.7 Å². The monoisotopic (exact) mass is 340 g/mol.